The Hall–Kier alpha value is -3.82. The maximum Gasteiger partial charge on any atom is 0.321 e. The van der Waals surface area contributed by atoms with Crippen LogP contribution in [0.1, 0.15) is 25.5 Å². The van der Waals surface area contributed by atoms with Gasteiger partial charge in [-0.3, -0.25) is 14.9 Å². The Morgan fingerprint density at radius 2 is 1.77 bits per heavy atom. The standard InChI is InChI=1S/C25H29FN4O5/c1-3-34-20-15-16(5-10-19(20)31)22-21(24(33)35-4-2)23(32)28-25(27-22)30-13-11-29(12-14-30)18-8-6-17(26)7-9-18/h5-10,15,21-22,31H,3-4,11-14H2,1-2H3,(H,27,28,32). The summed E-state index contributed by atoms with van der Waals surface area (Å²) in [5.41, 5.74) is 1.48. The highest BCUT2D eigenvalue weighted by atomic mass is 19.1. The van der Waals surface area contributed by atoms with Crippen molar-refractivity contribution in [3.05, 3.63) is 53.8 Å². The van der Waals surface area contributed by atoms with Crippen molar-refractivity contribution in [2.75, 3.05) is 44.3 Å². The molecule has 4 rings (SSSR count). The Kier molecular flexibility index (Phi) is 7.38. The number of carbonyl (C=O) groups is 2. The molecule has 2 aromatic rings. The molecule has 2 heterocycles. The van der Waals surface area contributed by atoms with Crippen molar-refractivity contribution in [2.45, 2.75) is 19.9 Å². The van der Waals surface area contributed by atoms with Gasteiger partial charge in [0, 0.05) is 31.9 Å². The Bertz CT molecular complexity index is 1100. The molecular weight excluding hydrogens is 455 g/mol. The van der Waals surface area contributed by atoms with Gasteiger partial charge in [0.2, 0.25) is 11.9 Å². The lowest BCUT2D eigenvalue weighted by Crippen LogP contribution is -2.57. The fourth-order valence-electron chi connectivity index (χ4n) is 4.28. The predicted molar refractivity (Wildman–Crippen MR) is 128 cm³/mol. The molecule has 0 aromatic heterocycles. The van der Waals surface area contributed by atoms with Gasteiger partial charge in [-0.2, -0.15) is 0 Å². The SMILES string of the molecule is CCOC(=O)C1C(=O)NC(N2CCN(c3ccc(F)cc3)CC2)=NC1c1ccc(O)c(OCC)c1. The summed E-state index contributed by atoms with van der Waals surface area (Å²) in [5.74, 6) is -2.01. The fourth-order valence-corrected chi connectivity index (χ4v) is 4.28. The van der Waals surface area contributed by atoms with Crippen molar-refractivity contribution < 1.29 is 28.6 Å². The van der Waals surface area contributed by atoms with E-state index in [4.69, 9.17) is 14.5 Å². The topological polar surface area (TPSA) is 104 Å². The minimum atomic E-state index is -1.17. The number of halogens is 1. The first-order valence-corrected chi connectivity index (χ1v) is 11.7. The van der Waals surface area contributed by atoms with Gasteiger partial charge in [0.05, 0.1) is 13.2 Å². The van der Waals surface area contributed by atoms with Gasteiger partial charge in [-0.1, -0.05) is 6.07 Å². The first-order chi connectivity index (χ1) is 16.9. The number of aliphatic imine (C=N–C) groups is 1. The van der Waals surface area contributed by atoms with Crippen LogP contribution >= 0.6 is 0 Å². The predicted octanol–water partition coefficient (Wildman–Crippen LogP) is 2.46. The number of phenols is 1. The van der Waals surface area contributed by atoms with Crippen molar-refractivity contribution in [2.24, 2.45) is 10.9 Å². The highest BCUT2D eigenvalue weighted by molar-refractivity contribution is 6.08. The molecule has 0 aliphatic carbocycles. The maximum atomic E-state index is 13.3. The van der Waals surface area contributed by atoms with Crippen LogP contribution in [0.3, 0.4) is 0 Å². The first-order valence-electron chi connectivity index (χ1n) is 11.7. The summed E-state index contributed by atoms with van der Waals surface area (Å²) in [6.45, 7) is 6.41. The molecule has 2 aliphatic heterocycles. The fraction of sp³-hybridized carbons (Fsp3) is 0.400. The third kappa shape index (κ3) is 5.31. The number of hydrogen-bond donors (Lipinski definition) is 2. The summed E-state index contributed by atoms with van der Waals surface area (Å²) in [7, 11) is 0. The number of nitrogens with zero attached hydrogens (tertiary/aromatic N) is 3. The van der Waals surface area contributed by atoms with Crippen molar-refractivity contribution in [1.29, 1.82) is 0 Å². The molecule has 0 saturated carbocycles. The smallest absolute Gasteiger partial charge is 0.321 e. The first kappa shape index (κ1) is 24.3. The van der Waals surface area contributed by atoms with Gasteiger partial charge in [-0.25, -0.2) is 9.38 Å². The summed E-state index contributed by atoms with van der Waals surface area (Å²) in [4.78, 5) is 34.6. The van der Waals surface area contributed by atoms with Crippen molar-refractivity contribution in [3.63, 3.8) is 0 Å². The summed E-state index contributed by atoms with van der Waals surface area (Å²) < 4.78 is 23.9. The van der Waals surface area contributed by atoms with E-state index in [1.807, 2.05) is 4.90 Å². The van der Waals surface area contributed by atoms with Crippen LogP contribution < -0.4 is 15.0 Å². The second-order valence-corrected chi connectivity index (χ2v) is 8.23. The monoisotopic (exact) mass is 484 g/mol. The molecule has 186 valence electrons. The van der Waals surface area contributed by atoms with Crippen molar-refractivity contribution in [1.82, 2.24) is 10.2 Å². The van der Waals surface area contributed by atoms with E-state index in [2.05, 4.69) is 10.2 Å². The molecule has 1 fully saturated rings. The third-order valence-corrected chi connectivity index (χ3v) is 6.03. The molecule has 0 radical (unpaired) electrons. The van der Waals surface area contributed by atoms with Crippen LogP contribution in [0.15, 0.2) is 47.5 Å². The van der Waals surface area contributed by atoms with E-state index in [0.29, 0.717) is 44.3 Å². The van der Waals surface area contributed by atoms with Gasteiger partial charge < -0.3 is 24.4 Å². The van der Waals surface area contributed by atoms with Crippen LogP contribution in [0.25, 0.3) is 0 Å². The van der Waals surface area contributed by atoms with Gasteiger partial charge in [0.1, 0.15) is 11.9 Å². The Morgan fingerprint density at radius 1 is 1.09 bits per heavy atom. The number of guanidine groups is 1. The van der Waals surface area contributed by atoms with E-state index in [9.17, 15) is 19.1 Å². The quantitative estimate of drug-likeness (QED) is 0.480. The number of amides is 1. The number of carbonyl (C=O) groups excluding carboxylic acids is 2. The molecular formula is C25H29FN4O5. The van der Waals surface area contributed by atoms with E-state index >= 15 is 0 Å². The number of nitrogens with one attached hydrogen (secondary N) is 1. The van der Waals surface area contributed by atoms with E-state index in [-0.39, 0.29) is 23.9 Å². The van der Waals surface area contributed by atoms with Gasteiger partial charge in [-0.15, -0.1) is 0 Å². The number of anilines is 1. The molecule has 2 unspecified atom stereocenters. The van der Waals surface area contributed by atoms with Crippen LogP contribution in [-0.2, 0) is 14.3 Å². The zero-order chi connectivity index (χ0) is 24.9. The third-order valence-electron chi connectivity index (χ3n) is 6.03. The number of aromatic hydroxyl groups is 1. The number of piperazine rings is 1. The zero-order valence-electron chi connectivity index (χ0n) is 19.7. The lowest BCUT2D eigenvalue weighted by molar-refractivity contribution is -0.153. The minimum absolute atomic E-state index is 0.0373. The number of rotatable bonds is 6. The van der Waals surface area contributed by atoms with Crippen LogP contribution in [0.5, 0.6) is 11.5 Å². The normalized spacial score (nSPS) is 20.2. The van der Waals surface area contributed by atoms with E-state index in [0.717, 1.165) is 5.69 Å². The van der Waals surface area contributed by atoms with E-state index in [1.165, 1.54) is 18.2 Å². The minimum Gasteiger partial charge on any atom is -0.504 e. The Morgan fingerprint density at radius 3 is 2.43 bits per heavy atom. The highest BCUT2D eigenvalue weighted by Crippen LogP contribution is 2.36. The molecule has 2 aliphatic rings. The summed E-state index contributed by atoms with van der Waals surface area (Å²) in [5, 5.41) is 12.9. The average Bonchev–Trinajstić information content (AvgIpc) is 2.86. The van der Waals surface area contributed by atoms with Crippen LogP contribution in [0, 0.1) is 11.7 Å². The number of benzene rings is 2. The zero-order valence-corrected chi connectivity index (χ0v) is 19.7. The lowest BCUT2D eigenvalue weighted by Gasteiger charge is -2.39. The summed E-state index contributed by atoms with van der Waals surface area (Å²) in [6.07, 6.45) is 0. The maximum absolute atomic E-state index is 13.3. The van der Waals surface area contributed by atoms with Crippen LogP contribution in [0.4, 0.5) is 10.1 Å². The van der Waals surface area contributed by atoms with E-state index < -0.39 is 23.8 Å². The lowest BCUT2D eigenvalue weighted by atomic mass is 9.91. The largest absolute Gasteiger partial charge is 0.504 e. The molecule has 2 aromatic carbocycles. The molecule has 0 spiro atoms. The summed E-state index contributed by atoms with van der Waals surface area (Å²) >= 11 is 0. The van der Waals surface area contributed by atoms with E-state index in [1.54, 1.807) is 38.1 Å². The van der Waals surface area contributed by atoms with Crippen molar-refractivity contribution >= 4 is 23.5 Å². The second kappa shape index (κ2) is 10.6. The Balaban J connectivity index is 1.59. The molecule has 0 bridgehead atoms. The average molecular weight is 485 g/mol. The van der Waals surface area contributed by atoms with Crippen molar-refractivity contribution in [3.8, 4) is 11.5 Å². The van der Waals surface area contributed by atoms with Crippen LogP contribution in [-0.4, -0.2) is 67.2 Å². The number of hydrogen-bond acceptors (Lipinski definition) is 8. The number of phenolic OH excluding ortho intramolecular Hbond substituents is 1. The van der Waals surface area contributed by atoms with Gasteiger partial charge in [0.25, 0.3) is 0 Å². The summed E-state index contributed by atoms with van der Waals surface area (Å²) in [6, 6.07) is 10.2. The van der Waals surface area contributed by atoms with Gasteiger partial charge in [0.15, 0.2) is 17.4 Å². The number of ether oxygens (including phenoxy) is 2. The van der Waals surface area contributed by atoms with Crippen LogP contribution in [0.2, 0.25) is 0 Å². The Labute approximate surface area is 203 Å². The molecule has 1 saturated heterocycles. The second-order valence-electron chi connectivity index (χ2n) is 8.23. The molecule has 1 amide bonds. The highest BCUT2D eigenvalue weighted by Gasteiger charge is 2.42. The molecule has 9 nitrogen and oxygen atoms in total. The number of esters is 1. The molecule has 10 heteroatoms. The molecule has 2 atom stereocenters. The van der Waals surface area contributed by atoms with Gasteiger partial charge in [-0.05, 0) is 55.8 Å². The molecule has 35 heavy (non-hydrogen) atoms. The molecule has 2 N–H and O–H groups in total. The van der Waals surface area contributed by atoms with Gasteiger partial charge >= 0.3 is 5.97 Å².